The number of fused-ring (bicyclic) bond motifs is 1. The van der Waals surface area contributed by atoms with E-state index in [4.69, 9.17) is 10.8 Å². The number of nitrogens with zero attached hydrogens (tertiary/aromatic N) is 4. The highest BCUT2D eigenvalue weighted by molar-refractivity contribution is 7.99. The summed E-state index contributed by atoms with van der Waals surface area (Å²) in [5.74, 6) is 1.40. The van der Waals surface area contributed by atoms with Crippen molar-refractivity contribution in [3.63, 3.8) is 0 Å². The first-order chi connectivity index (χ1) is 12.2. The second-order valence-electron chi connectivity index (χ2n) is 6.33. The molecule has 0 bridgehead atoms. The molecule has 4 N–H and O–H groups in total. The first kappa shape index (κ1) is 18.2. The molecule has 0 aliphatic heterocycles. The van der Waals surface area contributed by atoms with Crippen molar-refractivity contribution in [1.82, 2.24) is 19.5 Å². The van der Waals surface area contributed by atoms with Gasteiger partial charge in [0.15, 0.2) is 5.65 Å². The Morgan fingerprint density at radius 1 is 1.16 bits per heavy atom. The Morgan fingerprint density at radius 3 is 2.76 bits per heavy atom. The van der Waals surface area contributed by atoms with Crippen LogP contribution in [-0.4, -0.2) is 48.7 Å². The summed E-state index contributed by atoms with van der Waals surface area (Å²) in [5, 5.41) is 19.0. The molecule has 0 radical (unpaired) electrons. The van der Waals surface area contributed by atoms with Crippen LogP contribution >= 0.6 is 11.8 Å². The van der Waals surface area contributed by atoms with Gasteiger partial charge in [0.1, 0.15) is 10.5 Å². The summed E-state index contributed by atoms with van der Waals surface area (Å²) in [7, 11) is 0. The van der Waals surface area contributed by atoms with E-state index in [9.17, 15) is 5.11 Å². The van der Waals surface area contributed by atoms with Gasteiger partial charge in [-0.15, -0.1) is 11.8 Å². The molecular weight excluding hydrogens is 338 g/mol. The number of aliphatic hydroxyl groups excluding tert-OH is 2. The van der Waals surface area contributed by atoms with Gasteiger partial charge in [-0.3, -0.25) is 0 Å². The van der Waals surface area contributed by atoms with Crippen molar-refractivity contribution in [2.75, 3.05) is 24.7 Å². The van der Waals surface area contributed by atoms with Gasteiger partial charge in [-0.1, -0.05) is 25.0 Å². The molecule has 0 spiro atoms. The zero-order valence-electron chi connectivity index (χ0n) is 14.2. The van der Waals surface area contributed by atoms with Gasteiger partial charge in [0.05, 0.1) is 12.4 Å². The first-order valence-corrected chi connectivity index (χ1v) is 9.74. The maximum atomic E-state index is 9.32. The Morgan fingerprint density at radius 2 is 2.00 bits per heavy atom. The van der Waals surface area contributed by atoms with Gasteiger partial charge in [-0.25, -0.2) is 9.97 Å². The molecule has 25 heavy (non-hydrogen) atoms. The highest BCUT2D eigenvalue weighted by Crippen LogP contribution is 2.32. The maximum absolute atomic E-state index is 9.32. The molecule has 2 atom stereocenters. The standard InChI is InChI=1S/C17H25N5O2S/c18-17-20-15-14(16(21-17)25-8-4-2-1-3-7-23)19-11-22(15)13-6-5-12(9-13)10-24/h5-6,11-13,23-24H,1-4,7-10H2,(H2,18,20,21). The van der Waals surface area contributed by atoms with Gasteiger partial charge in [0.2, 0.25) is 5.95 Å². The van der Waals surface area contributed by atoms with E-state index in [2.05, 4.69) is 21.0 Å². The van der Waals surface area contributed by atoms with Crippen molar-refractivity contribution in [3.8, 4) is 0 Å². The molecule has 2 unspecified atom stereocenters. The molecule has 1 aliphatic rings. The second kappa shape index (κ2) is 8.64. The molecule has 3 rings (SSSR count). The van der Waals surface area contributed by atoms with E-state index in [0.29, 0.717) is 0 Å². The largest absolute Gasteiger partial charge is 0.396 e. The molecule has 0 fully saturated rings. The number of imidazole rings is 1. The third-order valence-corrected chi connectivity index (χ3v) is 5.49. The van der Waals surface area contributed by atoms with Crippen LogP contribution < -0.4 is 5.73 Å². The fourth-order valence-electron chi connectivity index (χ4n) is 3.08. The molecule has 8 heteroatoms. The van der Waals surface area contributed by atoms with Crippen LogP contribution in [0.4, 0.5) is 5.95 Å². The van der Waals surface area contributed by atoms with E-state index in [1.54, 1.807) is 18.1 Å². The number of nitrogens with two attached hydrogens (primary N) is 1. The van der Waals surface area contributed by atoms with Crippen molar-refractivity contribution >= 4 is 28.9 Å². The SMILES string of the molecule is Nc1nc(SCCCCCCO)c2ncn(C3C=CC(CO)C3)c2n1. The fraction of sp³-hybridized carbons (Fsp3) is 0.588. The number of aliphatic hydroxyl groups is 2. The minimum atomic E-state index is 0.146. The van der Waals surface area contributed by atoms with Crippen molar-refractivity contribution in [2.24, 2.45) is 5.92 Å². The highest BCUT2D eigenvalue weighted by Gasteiger charge is 2.23. The van der Waals surface area contributed by atoms with Crippen LogP contribution in [0.25, 0.3) is 11.2 Å². The summed E-state index contributed by atoms with van der Waals surface area (Å²) in [5.41, 5.74) is 7.45. The van der Waals surface area contributed by atoms with Gasteiger partial charge >= 0.3 is 0 Å². The maximum Gasteiger partial charge on any atom is 0.223 e. The number of nitrogen functional groups attached to an aromatic ring is 1. The zero-order chi connectivity index (χ0) is 17.6. The lowest BCUT2D eigenvalue weighted by atomic mass is 10.1. The fourth-order valence-corrected chi connectivity index (χ4v) is 4.06. The number of anilines is 1. The summed E-state index contributed by atoms with van der Waals surface area (Å²) < 4.78 is 2.02. The summed E-state index contributed by atoms with van der Waals surface area (Å²) >= 11 is 1.66. The molecule has 1 aliphatic carbocycles. The first-order valence-electron chi connectivity index (χ1n) is 8.75. The van der Waals surface area contributed by atoms with Gasteiger partial charge in [-0.2, -0.15) is 4.98 Å². The average Bonchev–Trinajstić information content (AvgIpc) is 3.24. The Balaban J connectivity index is 1.71. The van der Waals surface area contributed by atoms with Crippen molar-refractivity contribution in [1.29, 1.82) is 0 Å². The van der Waals surface area contributed by atoms with E-state index in [1.165, 1.54) is 0 Å². The Kier molecular flexibility index (Phi) is 6.28. The monoisotopic (exact) mass is 363 g/mol. The molecular formula is C17H25N5O2S. The van der Waals surface area contributed by atoms with Gasteiger partial charge in [0.25, 0.3) is 0 Å². The molecule has 2 heterocycles. The Labute approximate surface area is 151 Å². The van der Waals surface area contributed by atoms with E-state index in [1.807, 2.05) is 10.6 Å². The van der Waals surface area contributed by atoms with Crippen LogP contribution in [0.5, 0.6) is 0 Å². The van der Waals surface area contributed by atoms with Crippen LogP contribution in [0, 0.1) is 5.92 Å². The van der Waals surface area contributed by atoms with Crippen LogP contribution in [0.3, 0.4) is 0 Å². The van der Waals surface area contributed by atoms with Crippen LogP contribution in [0.2, 0.25) is 0 Å². The van der Waals surface area contributed by atoms with E-state index >= 15 is 0 Å². The molecule has 7 nitrogen and oxygen atoms in total. The smallest absolute Gasteiger partial charge is 0.223 e. The van der Waals surface area contributed by atoms with E-state index in [0.717, 1.165) is 54.0 Å². The number of hydrogen-bond donors (Lipinski definition) is 3. The number of thioether (sulfide) groups is 1. The molecule has 0 amide bonds. The van der Waals surface area contributed by atoms with Gasteiger partial charge in [-0.05, 0) is 25.0 Å². The number of aromatic nitrogens is 4. The lowest BCUT2D eigenvalue weighted by Gasteiger charge is -2.13. The quantitative estimate of drug-likeness (QED) is 0.271. The van der Waals surface area contributed by atoms with Gasteiger partial charge < -0.3 is 20.5 Å². The number of allylic oxidation sites excluding steroid dienone is 1. The van der Waals surface area contributed by atoms with Crippen molar-refractivity contribution in [3.05, 3.63) is 18.5 Å². The highest BCUT2D eigenvalue weighted by atomic mass is 32.2. The van der Waals surface area contributed by atoms with Crippen molar-refractivity contribution in [2.45, 2.75) is 43.2 Å². The summed E-state index contributed by atoms with van der Waals surface area (Å²) in [6, 6.07) is 0.146. The summed E-state index contributed by atoms with van der Waals surface area (Å²) in [6.45, 7) is 0.425. The predicted molar refractivity (Wildman–Crippen MR) is 99.4 cm³/mol. The van der Waals surface area contributed by atoms with Gasteiger partial charge in [0, 0.05) is 19.1 Å². The Hall–Kier alpha value is -1.64. The number of unbranched alkanes of at least 4 members (excludes halogenated alkanes) is 3. The topological polar surface area (TPSA) is 110 Å². The minimum absolute atomic E-state index is 0.146. The van der Waals surface area contributed by atoms with Crippen molar-refractivity contribution < 1.29 is 10.2 Å². The zero-order valence-corrected chi connectivity index (χ0v) is 15.0. The van der Waals surface area contributed by atoms with Crippen LogP contribution in [0.1, 0.15) is 38.1 Å². The molecule has 0 saturated heterocycles. The predicted octanol–water partition coefficient (Wildman–Crippen LogP) is 2.16. The lowest BCUT2D eigenvalue weighted by Crippen LogP contribution is -2.08. The normalized spacial score (nSPS) is 19.9. The molecule has 2 aromatic heterocycles. The minimum Gasteiger partial charge on any atom is -0.396 e. The molecule has 0 saturated carbocycles. The molecule has 2 aromatic rings. The summed E-state index contributed by atoms with van der Waals surface area (Å²) in [4.78, 5) is 13.3. The summed E-state index contributed by atoms with van der Waals surface area (Å²) in [6.07, 6.45) is 10.9. The second-order valence-corrected chi connectivity index (χ2v) is 7.41. The van der Waals surface area contributed by atoms with Crippen LogP contribution in [0.15, 0.2) is 23.5 Å². The Bertz CT molecular complexity index is 733. The molecule has 0 aromatic carbocycles. The van der Waals surface area contributed by atoms with E-state index in [-0.39, 0.29) is 31.1 Å². The third-order valence-electron chi connectivity index (χ3n) is 4.44. The number of rotatable bonds is 9. The average molecular weight is 363 g/mol. The lowest BCUT2D eigenvalue weighted by molar-refractivity contribution is 0.244. The van der Waals surface area contributed by atoms with Crippen LogP contribution in [-0.2, 0) is 0 Å². The molecule has 136 valence electrons. The number of hydrogen-bond acceptors (Lipinski definition) is 7. The third kappa shape index (κ3) is 4.31. The van der Waals surface area contributed by atoms with E-state index < -0.39 is 0 Å².